The molecule has 5 aromatic rings. The molecule has 8 nitrogen and oxygen atoms in total. The number of hydrogen-bond donors (Lipinski definition) is 0. The molecule has 0 atom stereocenters. The summed E-state index contributed by atoms with van der Waals surface area (Å²) in [6.45, 7) is 0.379. The molecule has 0 N–H and O–H groups in total. The third-order valence-electron chi connectivity index (χ3n) is 4.79. The van der Waals surface area contributed by atoms with Crippen molar-refractivity contribution in [2.24, 2.45) is 0 Å². The summed E-state index contributed by atoms with van der Waals surface area (Å²) in [5, 5.41) is 5.69. The van der Waals surface area contributed by atoms with Crippen LogP contribution < -0.4 is 18.9 Å². The second-order valence-electron chi connectivity index (χ2n) is 6.71. The summed E-state index contributed by atoms with van der Waals surface area (Å²) in [6.07, 6.45) is 1.81. The van der Waals surface area contributed by atoms with E-state index in [1.165, 1.54) is 11.3 Å². The second kappa shape index (κ2) is 7.84. The summed E-state index contributed by atoms with van der Waals surface area (Å²) in [5.41, 5.74) is 2.32. The van der Waals surface area contributed by atoms with Crippen LogP contribution in [0.1, 0.15) is 5.56 Å². The number of benzene rings is 2. The van der Waals surface area contributed by atoms with Crippen molar-refractivity contribution in [3.63, 3.8) is 0 Å². The van der Waals surface area contributed by atoms with Crippen LogP contribution in [0.3, 0.4) is 0 Å². The van der Waals surface area contributed by atoms with Gasteiger partial charge in [-0.15, -0.1) is 5.10 Å². The van der Waals surface area contributed by atoms with E-state index in [-0.39, 0.29) is 0 Å². The van der Waals surface area contributed by atoms with Gasteiger partial charge in [-0.05, 0) is 35.1 Å². The number of ether oxygens (including phenoxy) is 4. The van der Waals surface area contributed by atoms with Crippen molar-refractivity contribution >= 4 is 27.3 Å². The van der Waals surface area contributed by atoms with Gasteiger partial charge < -0.3 is 23.4 Å². The fraction of sp³-hybridized carbons (Fsp3) is 0.182. The summed E-state index contributed by atoms with van der Waals surface area (Å²) in [4.78, 5) is 5.31. The minimum absolute atomic E-state index is 0.379. The van der Waals surface area contributed by atoms with Crippen molar-refractivity contribution < 1.29 is 23.4 Å². The van der Waals surface area contributed by atoms with Crippen molar-refractivity contribution in [1.29, 1.82) is 0 Å². The standard InChI is InChI=1S/C22H19N3O5S/c1-26-14-6-4-5-13(7-14)12-29-18-8-15(27-2)9-19-16(18)10-20(30-19)17-11-25-21(23-17)31-22(24-25)28-3/h4-11H,12H2,1-3H3. The Balaban J connectivity index is 1.49. The van der Waals surface area contributed by atoms with E-state index in [0.29, 0.717) is 40.3 Å². The number of hydrogen-bond acceptors (Lipinski definition) is 8. The largest absolute Gasteiger partial charge is 0.497 e. The fourth-order valence-electron chi connectivity index (χ4n) is 3.25. The number of rotatable bonds is 7. The molecule has 0 saturated heterocycles. The Morgan fingerprint density at radius 3 is 2.65 bits per heavy atom. The Kier molecular flexibility index (Phi) is 4.87. The van der Waals surface area contributed by atoms with Crippen molar-refractivity contribution in [2.75, 3.05) is 21.3 Å². The van der Waals surface area contributed by atoms with E-state index in [1.54, 1.807) is 32.0 Å². The summed E-state index contributed by atoms with van der Waals surface area (Å²) < 4.78 is 29.7. The zero-order chi connectivity index (χ0) is 21.4. The Morgan fingerprint density at radius 1 is 1.00 bits per heavy atom. The molecular weight excluding hydrogens is 418 g/mol. The number of nitrogens with zero attached hydrogens (tertiary/aromatic N) is 3. The van der Waals surface area contributed by atoms with Gasteiger partial charge in [0.1, 0.15) is 35.1 Å². The smallest absolute Gasteiger partial charge is 0.294 e. The van der Waals surface area contributed by atoms with Gasteiger partial charge in [0.25, 0.3) is 5.19 Å². The maximum Gasteiger partial charge on any atom is 0.294 e. The second-order valence-corrected chi connectivity index (χ2v) is 7.63. The number of aromatic nitrogens is 3. The van der Waals surface area contributed by atoms with Gasteiger partial charge in [0.05, 0.1) is 32.9 Å². The molecule has 5 rings (SSSR count). The Hall–Kier alpha value is -3.72. The first-order chi connectivity index (χ1) is 15.2. The molecule has 2 aromatic carbocycles. The molecule has 0 aliphatic rings. The molecule has 0 fully saturated rings. The lowest BCUT2D eigenvalue weighted by Crippen LogP contribution is -1.97. The van der Waals surface area contributed by atoms with Gasteiger partial charge in [0.15, 0.2) is 5.76 Å². The zero-order valence-electron chi connectivity index (χ0n) is 17.1. The van der Waals surface area contributed by atoms with Crippen molar-refractivity contribution in [3.05, 3.63) is 54.2 Å². The summed E-state index contributed by atoms with van der Waals surface area (Å²) in [5.74, 6) is 2.71. The SMILES string of the molecule is COc1cccc(COc2cc(OC)cc3oc(-c4cn5nc(OC)sc5n4)cc23)c1. The monoisotopic (exact) mass is 437 g/mol. The minimum atomic E-state index is 0.379. The Labute approximate surface area is 181 Å². The number of furan rings is 1. The summed E-state index contributed by atoms with van der Waals surface area (Å²) in [7, 11) is 4.84. The first kappa shape index (κ1) is 19.3. The van der Waals surface area contributed by atoms with Crippen LogP contribution >= 0.6 is 11.3 Å². The van der Waals surface area contributed by atoms with E-state index in [9.17, 15) is 0 Å². The van der Waals surface area contributed by atoms with E-state index in [0.717, 1.165) is 21.7 Å². The predicted octanol–water partition coefficient (Wildman–Crippen LogP) is 4.81. The van der Waals surface area contributed by atoms with E-state index in [1.807, 2.05) is 42.5 Å². The van der Waals surface area contributed by atoms with Crippen LogP contribution in [0.4, 0.5) is 0 Å². The molecular formula is C22H19N3O5S. The molecule has 0 aliphatic carbocycles. The highest BCUT2D eigenvalue weighted by atomic mass is 32.1. The lowest BCUT2D eigenvalue weighted by molar-refractivity contribution is 0.306. The van der Waals surface area contributed by atoms with Crippen molar-refractivity contribution in [1.82, 2.24) is 14.6 Å². The van der Waals surface area contributed by atoms with E-state index < -0.39 is 0 Å². The molecule has 9 heteroatoms. The summed E-state index contributed by atoms with van der Waals surface area (Å²) in [6, 6.07) is 13.4. The van der Waals surface area contributed by atoms with Crippen LogP contribution in [0.5, 0.6) is 22.4 Å². The van der Waals surface area contributed by atoms with Gasteiger partial charge >= 0.3 is 0 Å². The van der Waals surface area contributed by atoms with Crippen LogP contribution in [-0.4, -0.2) is 35.9 Å². The van der Waals surface area contributed by atoms with Gasteiger partial charge in [-0.25, -0.2) is 9.50 Å². The van der Waals surface area contributed by atoms with E-state index in [2.05, 4.69) is 10.1 Å². The minimum Gasteiger partial charge on any atom is -0.497 e. The average Bonchev–Trinajstić information content (AvgIpc) is 3.49. The molecule has 0 saturated carbocycles. The Bertz CT molecular complexity index is 1340. The molecule has 31 heavy (non-hydrogen) atoms. The van der Waals surface area contributed by atoms with E-state index >= 15 is 0 Å². The number of methoxy groups -OCH3 is 3. The first-order valence-corrected chi connectivity index (χ1v) is 10.3. The van der Waals surface area contributed by atoms with Gasteiger partial charge in [-0.1, -0.05) is 12.1 Å². The lowest BCUT2D eigenvalue weighted by Gasteiger charge is -2.10. The van der Waals surface area contributed by atoms with Crippen LogP contribution in [-0.2, 0) is 6.61 Å². The molecule has 0 aliphatic heterocycles. The highest BCUT2D eigenvalue weighted by Gasteiger charge is 2.17. The topological polar surface area (TPSA) is 80.2 Å². The molecule has 0 bridgehead atoms. The molecule has 3 heterocycles. The van der Waals surface area contributed by atoms with Crippen LogP contribution in [0.2, 0.25) is 0 Å². The third kappa shape index (κ3) is 3.64. The maximum absolute atomic E-state index is 6.12. The first-order valence-electron chi connectivity index (χ1n) is 9.44. The molecule has 0 radical (unpaired) electrons. The summed E-state index contributed by atoms with van der Waals surface area (Å²) >= 11 is 1.36. The maximum atomic E-state index is 6.12. The fourth-order valence-corrected chi connectivity index (χ4v) is 3.95. The quantitative estimate of drug-likeness (QED) is 0.361. The zero-order valence-corrected chi connectivity index (χ0v) is 17.9. The van der Waals surface area contributed by atoms with Crippen LogP contribution in [0.15, 0.2) is 53.1 Å². The van der Waals surface area contributed by atoms with Crippen molar-refractivity contribution in [3.8, 4) is 33.9 Å². The molecule has 3 aromatic heterocycles. The van der Waals surface area contributed by atoms with Gasteiger partial charge in [-0.3, -0.25) is 0 Å². The Morgan fingerprint density at radius 2 is 1.87 bits per heavy atom. The van der Waals surface area contributed by atoms with Crippen LogP contribution in [0.25, 0.3) is 27.4 Å². The molecule has 0 spiro atoms. The molecule has 0 amide bonds. The van der Waals surface area contributed by atoms with E-state index in [4.69, 9.17) is 23.4 Å². The highest BCUT2D eigenvalue weighted by Crippen LogP contribution is 2.37. The highest BCUT2D eigenvalue weighted by molar-refractivity contribution is 7.18. The molecule has 158 valence electrons. The van der Waals surface area contributed by atoms with Crippen LogP contribution in [0, 0.1) is 0 Å². The predicted molar refractivity (Wildman–Crippen MR) is 117 cm³/mol. The van der Waals surface area contributed by atoms with Gasteiger partial charge in [0, 0.05) is 12.1 Å². The van der Waals surface area contributed by atoms with Crippen molar-refractivity contribution in [2.45, 2.75) is 6.61 Å². The number of imidazole rings is 1. The van der Waals surface area contributed by atoms with Gasteiger partial charge in [0.2, 0.25) is 4.96 Å². The molecule has 0 unspecified atom stereocenters. The normalized spacial score (nSPS) is 11.2. The van der Waals surface area contributed by atoms with Gasteiger partial charge in [-0.2, -0.15) is 0 Å². The average molecular weight is 437 g/mol. The number of fused-ring (bicyclic) bond motifs is 2. The lowest BCUT2D eigenvalue weighted by atomic mass is 10.2. The third-order valence-corrected chi connectivity index (χ3v) is 5.67.